The summed E-state index contributed by atoms with van der Waals surface area (Å²) in [5.74, 6) is 1.98. The van der Waals surface area contributed by atoms with Gasteiger partial charge in [-0.15, -0.1) is 0 Å². The topological polar surface area (TPSA) is 15.3 Å². The molecule has 0 spiro atoms. The highest BCUT2D eigenvalue weighted by atomic mass is 15.2. The van der Waals surface area contributed by atoms with Crippen LogP contribution in [0.15, 0.2) is 0 Å². The van der Waals surface area contributed by atoms with Gasteiger partial charge in [0, 0.05) is 18.6 Å². The van der Waals surface area contributed by atoms with Gasteiger partial charge < -0.3 is 5.32 Å². The van der Waals surface area contributed by atoms with Crippen molar-refractivity contribution in [3.05, 3.63) is 0 Å². The Morgan fingerprint density at radius 1 is 1.00 bits per heavy atom. The van der Waals surface area contributed by atoms with E-state index in [-0.39, 0.29) is 0 Å². The highest BCUT2D eigenvalue weighted by Gasteiger charge is 2.39. The maximum absolute atomic E-state index is 3.50. The third kappa shape index (κ3) is 2.91. The molecule has 0 bridgehead atoms. The number of nitrogens with one attached hydrogen (secondary N) is 1. The Balaban J connectivity index is 1.60. The zero-order valence-corrected chi connectivity index (χ0v) is 12.0. The molecule has 2 atom stereocenters. The van der Waals surface area contributed by atoms with Crippen molar-refractivity contribution in [2.45, 2.75) is 70.4 Å². The Kier molecular flexibility index (Phi) is 4.25. The fraction of sp³-hybridized carbons (Fsp3) is 1.00. The van der Waals surface area contributed by atoms with E-state index in [4.69, 9.17) is 0 Å². The first-order valence-electron chi connectivity index (χ1n) is 8.35. The van der Waals surface area contributed by atoms with Gasteiger partial charge in [0.1, 0.15) is 0 Å². The van der Waals surface area contributed by atoms with E-state index in [2.05, 4.69) is 17.1 Å². The van der Waals surface area contributed by atoms with Crippen LogP contribution in [-0.2, 0) is 0 Å². The summed E-state index contributed by atoms with van der Waals surface area (Å²) in [6.45, 7) is 6.32. The molecule has 18 heavy (non-hydrogen) atoms. The lowest BCUT2D eigenvalue weighted by molar-refractivity contribution is 0.115. The van der Waals surface area contributed by atoms with Gasteiger partial charge in [-0.25, -0.2) is 0 Å². The molecule has 3 fully saturated rings. The van der Waals surface area contributed by atoms with E-state index in [1.165, 1.54) is 71.0 Å². The third-order valence-electron chi connectivity index (χ3n) is 5.51. The molecule has 0 aromatic rings. The van der Waals surface area contributed by atoms with Crippen LogP contribution in [0, 0.1) is 11.8 Å². The Labute approximate surface area is 113 Å². The lowest BCUT2D eigenvalue weighted by atomic mass is 9.94. The molecule has 1 N–H and O–H groups in total. The Hall–Kier alpha value is -0.0800. The molecule has 1 saturated heterocycles. The van der Waals surface area contributed by atoms with E-state index in [1.54, 1.807) is 0 Å². The normalized spacial score (nSPS) is 34.3. The van der Waals surface area contributed by atoms with E-state index in [9.17, 15) is 0 Å². The zero-order chi connectivity index (χ0) is 12.4. The molecule has 2 nitrogen and oxygen atoms in total. The summed E-state index contributed by atoms with van der Waals surface area (Å²) >= 11 is 0. The van der Waals surface area contributed by atoms with Gasteiger partial charge in [0.15, 0.2) is 0 Å². The van der Waals surface area contributed by atoms with Gasteiger partial charge >= 0.3 is 0 Å². The minimum atomic E-state index is 0.942. The minimum Gasteiger partial charge on any atom is -0.317 e. The largest absolute Gasteiger partial charge is 0.317 e. The fourth-order valence-electron chi connectivity index (χ4n) is 4.25. The van der Waals surface area contributed by atoms with Crippen LogP contribution in [-0.4, -0.2) is 36.6 Å². The van der Waals surface area contributed by atoms with Crippen LogP contribution in [0.4, 0.5) is 0 Å². The predicted molar refractivity (Wildman–Crippen MR) is 76.7 cm³/mol. The zero-order valence-electron chi connectivity index (χ0n) is 12.0. The first-order chi connectivity index (χ1) is 8.88. The SMILES string of the molecule is CCC1CCCC1N(CC1CCNCC1)C1CC1. The molecule has 1 aliphatic heterocycles. The minimum absolute atomic E-state index is 0.942. The van der Waals surface area contributed by atoms with Gasteiger partial charge in [-0.05, 0) is 63.5 Å². The maximum Gasteiger partial charge on any atom is 0.0126 e. The van der Waals surface area contributed by atoms with E-state index in [0.29, 0.717) is 0 Å². The summed E-state index contributed by atoms with van der Waals surface area (Å²) in [5.41, 5.74) is 0. The summed E-state index contributed by atoms with van der Waals surface area (Å²) in [5, 5.41) is 3.50. The average molecular weight is 250 g/mol. The Morgan fingerprint density at radius 2 is 1.78 bits per heavy atom. The molecule has 2 heteroatoms. The van der Waals surface area contributed by atoms with E-state index >= 15 is 0 Å². The standard InChI is InChI=1S/C16H30N2/c1-2-14-4-3-5-16(14)18(15-6-7-15)12-13-8-10-17-11-9-13/h13-17H,2-12H2,1H3. The van der Waals surface area contributed by atoms with Gasteiger partial charge in [0.05, 0.1) is 0 Å². The van der Waals surface area contributed by atoms with Gasteiger partial charge in [-0.2, -0.15) is 0 Å². The molecule has 2 saturated carbocycles. The second kappa shape index (κ2) is 5.92. The Morgan fingerprint density at radius 3 is 2.44 bits per heavy atom. The van der Waals surface area contributed by atoms with E-state index in [0.717, 1.165) is 23.9 Å². The van der Waals surface area contributed by atoms with Crippen molar-refractivity contribution in [3.63, 3.8) is 0 Å². The average Bonchev–Trinajstić information content (AvgIpc) is 3.14. The second-order valence-electron chi connectivity index (χ2n) is 6.79. The summed E-state index contributed by atoms with van der Waals surface area (Å²) in [6.07, 6.45) is 11.7. The molecule has 1 heterocycles. The summed E-state index contributed by atoms with van der Waals surface area (Å²) in [6, 6.07) is 1.91. The number of piperidine rings is 1. The third-order valence-corrected chi connectivity index (χ3v) is 5.51. The van der Waals surface area contributed by atoms with Gasteiger partial charge in [0.2, 0.25) is 0 Å². The van der Waals surface area contributed by atoms with Crippen LogP contribution in [0.25, 0.3) is 0 Å². The number of nitrogens with zero attached hydrogens (tertiary/aromatic N) is 1. The molecule has 3 aliphatic rings. The summed E-state index contributed by atoms with van der Waals surface area (Å²) in [7, 11) is 0. The number of hydrogen-bond donors (Lipinski definition) is 1. The van der Waals surface area contributed by atoms with Crippen molar-refractivity contribution < 1.29 is 0 Å². The van der Waals surface area contributed by atoms with E-state index < -0.39 is 0 Å². The van der Waals surface area contributed by atoms with Crippen LogP contribution in [0.1, 0.15) is 58.3 Å². The van der Waals surface area contributed by atoms with Crippen LogP contribution in [0.5, 0.6) is 0 Å². The highest BCUT2D eigenvalue weighted by molar-refractivity contribution is 4.94. The molecule has 0 amide bonds. The molecule has 2 unspecified atom stereocenters. The van der Waals surface area contributed by atoms with Crippen molar-refractivity contribution in [2.75, 3.05) is 19.6 Å². The lowest BCUT2D eigenvalue weighted by Gasteiger charge is -2.37. The Bertz CT molecular complexity index is 256. The lowest BCUT2D eigenvalue weighted by Crippen LogP contribution is -2.44. The molecular formula is C16H30N2. The van der Waals surface area contributed by atoms with Crippen molar-refractivity contribution in [2.24, 2.45) is 11.8 Å². The van der Waals surface area contributed by atoms with Crippen molar-refractivity contribution in [3.8, 4) is 0 Å². The number of rotatable bonds is 5. The van der Waals surface area contributed by atoms with Crippen LogP contribution in [0.3, 0.4) is 0 Å². The van der Waals surface area contributed by atoms with Gasteiger partial charge in [-0.1, -0.05) is 19.8 Å². The van der Waals surface area contributed by atoms with Crippen molar-refractivity contribution in [1.82, 2.24) is 10.2 Å². The molecule has 104 valence electrons. The fourth-order valence-corrected chi connectivity index (χ4v) is 4.25. The predicted octanol–water partition coefficient (Wildman–Crippen LogP) is 3.03. The molecular weight excluding hydrogens is 220 g/mol. The number of hydrogen-bond acceptors (Lipinski definition) is 2. The van der Waals surface area contributed by atoms with Crippen LogP contribution < -0.4 is 5.32 Å². The molecule has 0 aromatic carbocycles. The first kappa shape index (κ1) is 12.9. The van der Waals surface area contributed by atoms with Gasteiger partial charge in [-0.3, -0.25) is 4.90 Å². The quantitative estimate of drug-likeness (QED) is 0.807. The molecule has 3 rings (SSSR count). The summed E-state index contributed by atoms with van der Waals surface area (Å²) in [4.78, 5) is 2.96. The smallest absolute Gasteiger partial charge is 0.0126 e. The van der Waals surface area contributed by atoms with E-state index in [1.807, 2.05) is 0 Å². The monoisotopic (exact) mass is 250 g/mol. The highest BCUT2D eigenvalue weighted by Crippen LogP contribution is 2.39. The molecule has 0 aromatic heterocycles. The van der Waals surface area contributed by atoms with Gasteiger partial charge in [0.25, 0.3) is 0 Å². The second-order valence-corrected chi connectivity index (χ2v) is 6.79. The summed E-state index contributed by atoms with van der Waals surface area (Å²) < 4.78 is 0. The maximum atomic E-state index is 3.50. The van der Waals surface area contributed by atoms with Crippen molar-refractivity contribution >= 4 is 0 Å². The molecule has 2 aliphatic carbocycles. The first-order valence-corrected chi connectivity index (χ1v) is 8.35. The van der Waals surface area contributed by atoms with Crippen LogP contribution in [0.2, 0.25) is 0 Å². The molecule has 0 radical (unpaired) electrons. The van der Waals surface area contributed by atoms with Crippen molar-refractivity contribution in [1.29, 1.82) is 0 Å². The van der Waals surface area contributed by atoms with Crippen LogP contribution >= 0.6 is 0 Å².